The third-order valence-corrected chi connectivity index (χ3v) is 4.04. The second-order valence-corrected chi connectivity index (χ2v) is 6.02. The monoisotopic (exact) mass is 376 g/mol. The predicted octanol–water partition coefficient (Wildman–Crippen LogP) is 1.82. The molecule has 1 heterocycles. The van der Waals surface area contributed by atoms with Gasteiger partial charge in [0.1, 0.15) is 0 Å². The van der Waals surface area contributed by atoms with Gasteiger partial charge in [-0.1, -0.05) is 36.4 Å². The number of nitrogens with two attached hydrogens (primary N) is 1. The molecule has 1 aromatic heterocycles. The molecule has 1 amide bonds. The zero-order valence-electron chi connectivity index (χ0n) is 13.9. The highest BCUT2D eigenvalue weighted by Crippen LogP contribution is 2.22. The third kappa shape index (κ3) is 8.76. The minimum Gasteiger partial charge on any atom is -0.478 e. The molecule has 0 spiro atoms. The summed E-state index contributed by atoms with van der Waals surface area (Å²) in [5, 5.41) is 20.6. The first-order chi connectivity index (χ1) is 12.4. The van der Waals surface area contributed by atoms with E-state index in [0.29, 0.717) is 12.2 Å². The first-order valence-corrected chi connectivity index (χ1v) is 8.51. The van der Waals surface area contributed by atoms with Gasteiger partial charge in [0, 0.05) is 17.0 Å². The van der Waals surface area contributed by atoms with Crippen molar-refractivity contribution < 1.29 is 24.6 Å². The van der Waals surface area contributed by atoms with Gasteiger partial charge in [0.25, 0.3) is 0 Å². The zero-order valence-corrected chi connectivity index (χ0v) is 14.7. The summed E-state index contributed by atoms with van der Waals surface area (Å²) in [6, 6.07) is 14.2. The van der Waals surface area contributed by atoms with Crippen LogP contribution in [0.3, 0.4) is 0 Å². The number of carboxylic acid groups (broad SMARTS) is 2. The fourth-order valence-electron chi connectivity index (χ4n) is 1.96. The van der Waals surface area contributed by atoms with Gasteiger partial charge in [0.2, 0.25) is 5.91 Å². The molecule has 0 saturated heterocycles. The Morgan fingerprint density at radius 1 is 1.04 bits per heavy atom. The molecule has 1 aromatic carbocycles. The first kappa shape index (κ1) is 21.1. The number of thiophene rings is 1. The van der Waals surface area contributed by atoms with Crippen molar-refractivity contribution >= 4 is 29.2 Å². The number of carbonyl (C=O) groups excluding carboxylic acids is 1. The van der Waals surface area contributed by atoms with Crippen LogP contribution in [0.15, 0.2) is 60.0 Å². The van der Waals surface area contributed by atoms with Gasteiger partial charge >= 0.3 is 11.9 Å². The van der Waals surface area contributed by atoms with Gasteiger partial charge in [-0.2, -0.15) is 0 Å². The van der Waals surface area contributed by atoms with Crippen LogP contribution in [0.25, 0.3) is 0 Å². The topological polar surface area (TPSA) is 130 Å². The summed E-state index contributed by atoms with van der Waals surface area (Å²) < 4.78 is 0. The lowest BCUT2D eigenvalue weighted by molar-refractivity contribution is -0.134. The van der Waals surface area contributed by atoms with E-state index in [1.807, 2.05) is 35.7 Å². The Kier molecular flexibility index (Phi) is 9.37. The van der Waals surface area contributed by atoms with Crippen LogP contribution in [-0.4, -0.2) is 34.6 Å². The van der Waals surface area contributed by atoms with Crippen molar-refractivity contribution in [3.63, 3.8) is 0 Å². The van der Waals surface area contributed by atoms with Crippen molar-refractivity contribution in [3.8, 4) is 0 Å². The number of carboxylic acids is 2. The molecule has 5 N–H and O–H groups in total. The van der Waals surface area contributed by atoms with Crippen molar-refractivity contribution in [2.45, 2.75) is 12.5 Å². The van der Waals surface area contributed by atoms with Crippen LogP contribution in [-0.2, 0) is 20.8 Å². The fourth-order valence-corrected chi connectivity index (χ4v) is 2.74. The van der Waals surface area contributed by atoms with Crippen LogP contribution in [0.4, 0.5) is 0 Å². The molecular weight excluding hydrogens is 356 g/mol. The molecule has 2 aromatic rings. The smallest absolute Gasteiger partial charge is 0.328 e. The number of nitrogens with one attached hydrogen (secondary N) is 1. The summed E-state index contributed by atoms with van der Waals surface area (Å²) >= 11 is 1.65. The lowest BCUT2D eigenvalue weighted by atomic mass is 10.0. The summed E-state index contributed by atoms with van der Waals surface area (Å²) in [6.45, 7) is 0.0245. The maximum atomic E-state index is 11.5. The predicted molar refractivity (Wildman–Crippen MR) is 98.8 cm³/mol. The van der Waals surface area contributed by atoms with Gasteiger partial charge in [0.05, 0.1) is 12.6 Å². The number of carbonyl (C=O) groups is 3. The van der Waals surface area contributed by atoms with E-state index in [-0.39, 0.29) is 18.5 Å². The van der Waals surface area contributed by atoms with Crippen LogP contribution in [0, 0.1) is 0 Å². The first-order valence-electron chi connectivity index (χ1n) is 7.63. The molecule has 0 aliphatic rings. The van der Waals surface area contributed by atoms with Crippen LogP contribution >= 0.6 is 11.3 Å². The average molecular weight is 376 g/mol. The third-order valence-electron chi connectivity index (χ3n) is 3.06. The Morgan fingerprint density at radius 3 is 2.12 bits per heavy atom. The largest absolute Gasteiger partial charge is 0.478 e. The Balaban J connectivity index is 0.000000359. The normalized spacial score (nSPS) is 11.3. The van der Waals surface area contributed by atoms with Gasteiger partial charge in [-0.15, -0.1) is 11.3 Å². The van der Waals surface area contributed by atoms with Crippen molar-refractivity contribution in [1.82, 2.24) is 5.32 Å². The van der Waals surface area contributed by atoms with Gasteiger partial charge in [0.15, 0.2) is 0 Å². The highest BCUT2D eigenvalue weighted by molar-refractivity contribution is 7.10. The summed E-state index contributed by atoms with van der Waals surface area (Å²) in [5.74, 6) is -2.64. The molecule has 1 atom stereocenters. The zero-order chi connectivity index (χ0) is 19.4. The van der Waals surface area contributed by atoms with Crippen LogP contribution in [0.1, 0.15) is 16.5 Å². The Morgan fingerprint density at radius 2 is 1.65 bits per heavy atom. The molecule has 2 rings (SSSR count). The number of hydrogen-bond acceptors (Lipinski definition) is 5. The van der Waals surface area contributed by atoms with Gasteiger partial charge in [-0.05, 0) is 23.4 Å². The second kappa shape index (κ2) is 11.6. The maximum Gasteiger partial charge on any atom is 0.328 e. The van der Waals surface area contributed by atoms with E-state index in [9.17, 15) is 14.4 Å². The maximum absolute atomic E-state index is 11.5. The van der Waals surface area contributed by atoms with Crippen molar-refractivity contribution in [3.05, 3.63) is 70.4 Å². The fraction of sp³-hybridized carbons (Fsp3) is 0.167. The molecule has 0 bridgehead atoms. The number of hydrogen-bond donors (Lipinski definition) is 4. The van der Waals surface area contributed by atoms with E-state index >= 15 is 0 Å². The molecule has 26 heavy (non-hydrogen) atoms. The van der Waals surface area contributed by atoms with E-state index < -0.39 is 11.9 Å². The van der Waals surface area contributed by atoms with E-state index in [0.717, 1.165) is 11.3 Å². The molecule has 7 nitrogen and oxygen atoms in total. The number of rotatable bonds is 7. The van der Waals surface area contributed by atoms with E-state index in [1.165, 1.54) is 5.56 Å². The molecule has 8 heteroatoms. The Bertz CT molecular complexity index is 713. The molecule has 0 saturated carbocycles. The summed E-state index contributed by atoms with van der Waals surface area (Å²) in [6.07, 6.45) is 1.90. The Labute approximate surface area is 154 Å². The minimum atomic E-state index is -1.26. The number of benzene rings is 1. The molecule has 0 aliphatic carbocycles. The lowest BCUT2D eigenvalue weighted by Crippen LogP contribution is -2.34. The highest BCUT2D eigenvalue weighted by atomic mass is 32.1. The average Bonchev–Trinajstić information content (AvgIpc) is 3.15. The Hall–Kier alpha value is -2.97. The second-order valence-electron chi connectivity index (χ2n) is 5.04. The van der Waals surface area contributed by atoms with Gasteiger partial charge < -0.3 is 21.3 Å². The van der Waals surface area contributed by atoms with E-state index in [1.54, 1.807) is 11.3 Å². The highest BCUT2D eigenvalue weighted by Gasteiger charge is 2.15. The van der Waals surface area contributed by atoms with Crippen molar-refractivity contribution in [1.29, 1.82) is 0 Å². The summed E-state index contributed by atoms with van der Waals surface area (Å²) in [4.78, 5) is 31.7. The SMILES string of the molecule is NCC(=O)NC(Cc1ccccc1)c1cccs1.O=C(O)C=CC(=O)O. The van der Waals surface area contributed by atoms with E-state index in [4.69, 9.17) is 15.9 Å². The molecule has 0 aliphatic heterocycles. The summed E-state index contributed by atoms with van der Waals surface area (Å²) in [7, 11) is 0. The summed E-state index contributed by atoms with van der Waals surface area (Å²) in [5.41, 5.74) is 6.56. The van der Waals surface area contributed by atoms with E-state index in [2.05, 4.69) is 17.4 Å². The van der Waals surface area contributed by atoms with Crippen LogP contribution in [0.2, 0.25) is 0 Å². The van der Waals surface area contributed by atoms with Crippen LogP contribution < -0.4 is 11.1 Å². The van der Waals surface area contributed by atoms with Crippen molar-refractivity contribution in [2.75, 3.05) is 6.54 Å². The molecule has 138 valence electrons. The van der Waals surface area contributed by atoms with Crippen molar-refractivity contribution in [2.24, 2.45) is 5.73 Å². The molecular formula is C18H20N2O5S. The quantitative estimate of drug-likeness (QED) is 0.545. The van der Waals surface area contributed by atoms with Gasteiger partial charge in [-0.3, -0.25) is 4.79 Å². The number of amides is 1. The van der Waals surface area contributed by atoms with Gasteiger partial charge in [-0.25, -0.2) is 9.59 Å². The standard InChI is InChI=1S/C14H16N2OS.C4H4O4/c15-10-14(17)16-12(13-7-4-8-18-13)9-11-5-2-1-3-6-11;5-3(6)1-2-4(7)8/h1-8,12H,9-10,15H2,(H,16,17);1-2H,(H,5,6)(H,7,8). The lowest BCUT2D eigenvalue weighted by Gasteiger charge is -2.17. The molecule has 0 radical (unpaired) electrons. The molecule has 0 fully saturated rings. The molecule has 1 unspecified atom stereocenters. The number of aliphatic carboxylic acids is 2. The van der Waals surface area contributed by atoms with Crippen LogP contribution in [0.5, 0.6) is 0 Å². The minimum absolute atomic E-state index is 0.00319.